The van der Waals surface area contributed by atoms with Crippen LogP contribution in [0.3, 0.4) is 0 Å². The number of rotatable bonds is 5. The summed E-state index contributed by atoms with van der Waals surface area (Å²) in [5, 5.41) is 13.9. The van der Waals surface area contributed by atoms with Crippen molar-refractivity contribution in [3.05, 3.63) is 30.1 Å². The van der Waals surface area contributed by atoms with Crippen molar-refractivity contribution in [1.29, 1.82) is 0 Å². The molecule has 0 spiro atoms. The van der Waals surface area contributed by atoms with Gasteiger partial charge in [0.25, 0.3) is 0 Å². The van der Waals surface area contributed by atoms with Gasteiger partial charge in [-0.25, -0.2) is 4.68 Å². The maximum Gasteiger partial charge on any atom is 0.241 e. The fourth-order valence-corrected chi connectivity index (χ4v) is 1.94. The third-order valence-electron chi connectivity index (χ3n) is 3.00. The quantitative estimate of drug-likeness (QED) is 0.848. The van der Waals surface area contributed by atoms with Crippen molar-refractivity contribution in [2.45, 2.75) is 32.7 Å². The Morgan fingerprint density at radius 2 is 2.30 bits per heavy atom. The summed E-state index contributed by atoms with van der Waals surface area (Å²) in [6.07, 6.45) is 3.08. The first-order chi connectivity index (χ1) is 9.61. The lowest BCUT2D eigenvalue weighted by Gasteiger charge is -2.12. The predicted octanol–water partition coefficient (Wildman–Crippen LogP) is 1.04. The van der Waals surface area contributed by atoms with E-state index in [0.717, 1.165) is 23.4 Å². The number of aromatic nitrogens is 4. The Morgan fingerprint density at radius 1 is 1.50 bits per heavy atom. The molecule has 2 rings (SSSR count). The number of nitrogens with two attached hydrogens (primary N) is 1. The predicted molar refractivity (Wildman–Crippen MR) is 75.4 cm³/mol. The first-order valence-corrected chi connectivity index (χ1v) is 6.52. The van der Waals surface area contributed by atoms with Gasteiger partial charge in [-0.05, 0) is 47.5 Å². The Balaban J connectivity index is 2.12. The van der Waals surface area contributed by atoms with Gasteiger partial charge in [0, 0.05) is 5.69 Å². The molecule has 1 amide bonds. The molecule has 0 aliphatic heterocycles. The van der Waals surface area contributed by atoms with Crippen LogP contribution < -0.4 is 11.1 Å². The van der Waals surface area contributed by atoms with Crippen LogP contribution in [-0.4, -0.2) is 32.2 Å². The van der Waals surface area contributed by atoms with E-state index in [2.05, 4.69) is 20.8 Å². The fraction of sp³-hybridized carbons (Fsp3) is 0.385. The van der Waals surface area contributed by atoms with Crippen LogP contribution in [0.1, 0.15) is 25.3 Å². The van der Waals surface area contributed by atoms with Crippen LogP contribution in [0, 0.1) is 6.92 Å². The van der Waals surface area contributed by atoms with Gasteiger partial charge in [0.1, 0.15) is 6.33 Å². The first-order valence-electron chi connectivity index (χ1n) is 6.52. The summed E-state index contributed by atoms with van der Waals surface area (Å²) in [6, 6.07) is 5.06. The summed E-state index contributed by atoms with van der Waals surface area (Å²) >= 11 is 0. The van der Waals surface area contributed by atoms with E-state index in [1.54, 1.807) is 10.7 Å². The molecule has 2 aromatic rings. The van der Waals surface area contributed by atoms with Crippen LogP contribution >= 0.6 is 0 Å². The van der Waals surface area contributed by atoms with E-state index in [4.69, 9.17) is 5.73 Å². The minimum Gasteiger partial charge on any atom is -0.325 e. The van der Waals surface area contributed by atoms with Crippen LogP contribution in [0.2, 0.25) is 0 Å². The molecular weight excluding hydrogens is 256 g/mol. The molecular formula is C13H18N6O. The van der Waals surface area contributed by atoms with Gasteiger partial charge in [-0.15, -0.1) is 5.10 Å². The van der Waals surface area contributed by atoms with Gasteiger partial charge in [-0.2, -0.15) is 0 Å². The number of nitrogens with one attached hydrogen (secondary N) is 1. The lowest BCUT2D eigenvalue weighted by molar-refractivity contribution is -0.117. The Hall–Kier alpha value is -2.28. The molecule has 0 aliphatic rings. The maximum atomic E-state index is 11.9. The summed E-state index contributed by atoms with van der Waals surface area (Å²) in [5.41, 5.74) is 8.32. The number of carbonyl (C=O) groups is 1. The molecule has 7 nitrogen and oxygen atoms in total. The van der Waals surface area contributed by atoms with Crippen LogP contribution in [-0.2, 0) is 4.79 Å². The van der Waals surface area contributed by atoms with Crippen LogP contribution in [0.4, 0.5) is 5.69 Å². The van der Waals surface area contributed by atoms with E-state index in [1.807, 2.05) is 26.0 Å². The SMILES string of the molecule is CCC[C@@H](N)C(=O)Nc1ccc(-n2cnnn2)c(C)c1. The molecule has 3 N–H and O–H groups in total. The number of anilines is 1. The number of amides is 1. The van der Waals surface area contributed by atoms with Crippen LogP contribution in [0.5, 0.6) is 0 Å². The molecule has 0 radical (unpaired) electrons. The second kappa shape index (κ2) is 6.25. The number of hydrogen-bond donors (Lipinski definition) is 2. The molecule has 0 bridgehead atoms. The highest BCUT2D eigenvalue weighted by molar-refractivity contribution is 5.94. The zero-order valence-electron chi connectivity index (χ0n) is 11.6. The van der Waals surface area contributed by atoms with E-state index in [1.165, 1.54) is 6.33 Å². The van der Waals surface area contributed by atoms with Crippen molar-refractivity contribution < 1.29 is 4.79 Å². The Morgan fingerprint density at radius 3 is 2.90 bits per heavy atom. The van der Waals surface area contributed by atoms with Gasteiger partial charge in [0.05, 0.1) is 11.7 Å². The summed E-state index contributed by atoms with van der Waals surface area (Å²) in [5.74, 6) is -0.165. The largest absolute Gasteiger partial charge is 0.325 e. The summed E-state index contributed by atoms with van der Waals surface area (Å²) < 4.78 is 1.57. The number of nitrogens with zero attached hydrogens (tertiary/aromatic N) is 4. The van der Waals surface area contributed by atoms with Gasteiger partial charge >= 0.3 is 0 Å². The fourth-order valence-electron chi connectivity index (χ4n) is 1.94. The highest BCUT2D eigenvalue weighted by atomic mass is 16.2. The zero-order chi connectivity index (χ0) is 14.5. The van der Waals surface area contributed by atoms with Crippen molar-refractivity contribution in [1.82, 2.24) is 20.2 Å². The monoisotopic (exact) mass is 274 g/mol. The van der Waals surface area contributed by atoms with Gasteiger partial charge in [0.15, 0.2) is 0 Å². The molecule has 1 aromatic carbocycles. The highest BCUT2D eigenvalue weighted by Gasteiger charge is 2.13. The standard InChI is InChI=1S/C13H18N6O/c1-3-4-11(14)13(20)16-10-5-6-12(9(2)7-10)19-8-15-17-18-19/h5-8,11H,3-4,14H2,1-2H3,(H,16,20)/t11-/m1/s1. The highest BCUT2D eigenvalue weighted by Crippen LogP contribution is 2.18. The molecule has 0 saturated carbocycles. The van der Waals surface area contributed by atoms with E-state index >= 15 is 0 Å². The summed E-state index contributed by atoms with van der Waals surface area (Å²) in [7, 11) is 0. The molecule has 1 aromatic heterocycles. The number of tetrazole rings is 1. The number of hydrogen-bond acceptors (Lipinski definition) is 5. The smallest absolute Gasteiger partial charge is 0.241 e. The number of carbonyl (C=O) groups excluding carboxylic acids is 1. The lowest BCUT2D eigenvalue weighted by Crippen LogP contribution is -2.35. The minimum absolute atomic E-state index is 0.165. The normalized spacial score (nSPS) is 12.2. The van der Waals surface area contributed by atoms with E-state index in [-0.39, 0.29) is 5.91 Å². The second-order valence-corrected chi connectivity index (χ2v) is 4.64. The van der Waals surface area contributed by atoms with Crippen molar-refractivity contribution in [3.63, 3.8) is 0 Å². The van der Waals surface area contributed by atoms with E-state index < -0.39 is 6.04 Å². The second-order valence-electron chi connectivity index (χ2n) is 4.64. The molecule has 1 atom stereocenters. The average molecular weight is 274 g/mol. The molecule has 7 heteroatoms. The minimum atomic E-state index is -0.473. The third kappa shape index (κ3) is 3.18. The molecule has 0 saturated heterocycles. The van der Waals surface area contributed by atoms with Crippen LogP contribution in [0.25, 0.3) is 5.69 Å². The zero-order valence-corrected chi connectivity index (χ0v) is 11.6. The van der Waals surface area contributed by atoms with Gasteiger partial charge in [0.2, 0.25) is 5.91 Å². The molecule has 20 heavy (non-hydrogen) atoms. The molecule has 0 aliphatic carbocycles. The van der Waals surface area contributed by atoms with Gasteiger partial charge in [-0.1, -0.05) is 13.3 Å². The van der Waals surface area contributed by atoms with Crippen LogP contribution in [0.15, 0.2) is 24.5 Å². The summed E-state index contributed by atoms with van der Waals surface area (Å²) in [6.45, 7) is 3.93. The number of benzene rings is 1. The average Bonchev–Trinajstić information content (AvgIpc) is 2.93. The maximum absolute atomic E-state index is 11.9. The lowest BCUT2D eigenvalue weighted by atomic mass is 10.1. The molecule has 0 fully saturated rings. The third-order valence-corrected chi connectivity index (χ3v) is 3.00. The van der Waals surface area contributed by atoms with Crippen molar-refractivity contribution in [3.8, 4) is 5.69 Å². The Kier molecular flexibility index (Phi) is 4.41. The molecule has 106 valence electrons. The van der Waals surface area contributed by atoms with Crippen molar-refractivity contribution in [2.75, 3.05) is 5.32 Å². The topological polar surface area (TPSA) is 98.7 Å². The van der Waals surface area contributed by atoms with Gasteiger partial charge in [-0.3, -0.25) is 4.79 Å². The molecule has 0 unspecified atom stereocenters. The van der Waals surface area contributed by atoms with Crippen molar-refractivity contribution >= 4 is 11.6 Å². The Labute approximate surface area is 117 Å². The molecule has 1 heterocycles. The van der Waals surface area contributed by atoms with E-state index in [0.29, 0.717) is 6.42 Å². The number of aryl methyl sites for hydroxylation is 1. The van der Waals surface area contributed by atoms with Crippen molar-refractivity contribution in [2.24, 2.45) is 5.73 Å². The Bertz CT molecular complexity index is 581. The van der Waals surface area contributed by atoms with Gasteiger partial charge < -0.3 is 11.1 Å². The van der Waals surface area contributed by atoms with E-state index in [9.17, 15) is 4.79 Å². The first kappa shape index (κ1) is 14.1. The summed E-state index contributed by atoms with van der Waals surface area (Å²) in [4.78, 5) is 11.9.